The number of ether oxygens (including phenoxy) is 2. The lowest BCUT2D eigenvalue weighted by atomic mass is 9.67. The Kier molecular flexibility index (Phi) is 6.70. The average Bonchev–Trinajstić information content (AvgIpc) is 2.84. The third-order valence-corrected chi connectivity index (χ3v) is 7.68. The van der Waals surface area contributed by atoms with Crippen LogP contribution in [0, 0.1) is 12.3 Å². The molecule has 35 heavy (non-hydrogen) atoms. The fourth-order valence-corrected chi connectivity index (χ4v) is 6.41. The zero-order valence-corrected chi connectivity index (χ0v) is 19.7. The summed E-state index contributed by atoms with van der Waals surface area (Å²) in [5, 5.41) is 0. The Morgan fingerprint density at radius 1 is 0.829 bits per heavy atom. The highest BCUT2D eigenvalue weighted by Gasteiger charge is 2.60. The number of amides is 2. The van der Waals surface area contributed by atoms with E-state index in [9.17, 15) is 18.6 Å². The van der Waals surface area contributed by atoms with Crippen LogP contribution >= 0.6 is 0 Å². The van der Waals surface area contributed by atoms with Gasteiger partial charge in [-0.3, -0.25) is 9.00 Å². The van der Waals surface area contributed by atoms with E-state index >= 15 is 0 Å². The van der Waals surface area contributed by atoms with Crippen molar-refractivity contribution < 1.29 is 28.1 Å². The monoisotopic (exact) mass is 492 g/mol. The van der Waals surface area contributed by atoms with Crippen LogP contribution < -0.4 is 11.5 Å². The first-order chi connectivity index (χ1) is 16.8. The van der Waals surface area contributed by atoms with Crippen molar-refractivity contribution in [2.24, 2.45) is 16.9 Å². The molecule has 0 bridgehead atoms. The molecule has 0 saturated carbocycles. The maximum absolute atomic E-state index is 14.5. The predicted octanol–water partition coefficient (Wildman–Crippen LogP) is 3.96. The molecule has 3 unspecified atom stereocenters. The second kappa shape index (κ2) is 9.71. The van der Waals surface area contributed by atoms with Crippen molar-refractivity contribution in [1.82, 2.24) is 0 Å². The lowest BCUT2D eigenvalue weighted by Crippen LogP contribution is -2.52. The standard InChI is InChI=1S/C26H24N2O6S/c1-16-9-8-14-19-20(16)21(29)26(15-35(19)32,22(33-24(27)30)17-10-4-2-5-11-17)23(34-25(28)31)18-12-6-3-7-13-18/h2-14,22-23H,15H2,1H3,(H2,27,30)(H2,28,31). The number of carbonyl (C=O) groups is 3. The summed E-state index contributed by atoms with van der Waals surface area (Å²) in [5.41, 5.74) is 10.7. The molecule has 0 saturated heterocycles. The van der Waals surface area contributed by atoms with Gasteiger partial charge in [0.05, 0.1) is 10.8 Å². The summed E-state index contributed by atoms with van der Waals surface area (Å²) >= 11 is 0. The topological polar surface area (TPSA) is 139 Å². The summed E-state index contributed by atoms with van der Waals surface area (Å²) in [6, 6.07) is 22.0. The molecule has 0 aliphatic carbocycles. The third kappa shape index (κ3) is 4.42. The van der Waals surface area contributed by atoms with Gasteiger partial charge in [-0.05, 0) is 29.7 Å². The average molecular weight is 493 g/mol. The van der Waals surface area contributed by atoms with Gasteiger partial charge in [-0.2, -0.15) is 0 Å². The molecule has 9 heteroatoms. The lowest BCUT2D eigenvalue weighted by Gasteiger charge is -2.45. The van der Waals surface area contributed by atoms with E-state index in [2.05, 4.69) is 0 Å². The highest BCUT2D eigenvalue weighted by atomic mass is 32.2. The quantitative estimate of drug-likeness (QED) is 0.534. The number of Topliss-reactive ketones (excluding diaryl/α,β-unsaturated/α-hetero) is 1. The van der Waals surface area contributed by atoms with Gasteiger partial charge < -0.3 is 20.9 Å². The molecule has 1 heterocycles. The maximum atomic E-state index is 14.5. The van der Waals surface area contributed by atoms with E-state index in [-0.39, 0.29) is 11.3 Å². The molecule has 4 rings (SSSR count). The van der Waals surface area contributed by atoms with E-state index in [4.69, 9.17) is 20.9 Å². The van der Waals surface area contributed by atoms with E-state index in [0.717, 1.165) is 0 Å². The van der Waals surface area contributed by atoms with Gasteiger partial charge in [0.15, 0.2) is 5.78 Å². The van der Waals surface area contributed by atoms with Crippen LogP contribution in [-0.2, 0) is 20.3 Å². The van der Waals surface area contributed by atoms with Crippen molar-refractivity contribution in [2.75, 3.05) is 5.75 Å². The van der Waals surface area contributed by atoms with Crippen LogP contribution in [0.3, 0.4) is 0 Å². The van der Waals surface area contributed by atoms with E-state index < -0.39 is 46.4 Å². The second-order valence-electron chi connectivity index (χ2n) is 8.26. The second-order valence-corrected chi connectivity index (χ2v) is 9.68. The number of fused-ring (bicyclic) bond motifs is 1. The zero-order chi connectivity index (χ0) is 25.2. The number of rotatable bonds is 6. The molecule has 1 aliphatic rings. The van der Waals surface area contributed by atoms with Crippen molar-refractivity contribution in [3.8, 4) is 0 Å². The lowest BCUT2D eigenvalue weighted by molar-refractivity contribution is -0.0495. The molecule has 8 nitrogen and oxygen atoms in total. The number of carbonyl (C=O) groups excluding carboxylic acids is 3. The zero-order valence-electron chi connectivity index (χ0n) is 18.9. The number of primary amides is 2. The first kappa shape index (κ1) is 24.2. The van der Waals surface area contributed by atoms with Gasteiger partial charge >= 0.3 is 12.2 Å². The van der Waals surface area contributed by atoms with E-state index in [1.807, 2.05) is 0 Å². The van der Waals surface area contributed by atoms with Crippen LogP contribution in [0.5, 0.6) is 0 Å². The minimum atomic E-state index is -1.84. The summed E-state index contributed by atoms with van der Waals surface area (Å²) < 4.78 is 24.8. The van der Waals surface area contributed by atoms with Crippen LogP contribution in [0.2, 0.25) is 0 Å². The minimum Gasteiger partial charge on any atom is -0.440 e. The Morgan fingerprint density at radius 3 is 1.77 bits per heavy atom. The van der Waals surface area contributed by atoms with E-state index in [0.29, 0.717) is 21.6 Å². The molecular formula is C26H24N2O6S. The van der Waals surface area contributed by atoms with Gasteiger partial charge in [0.2, 0.25) is 0 Å². The third-order valence-electron chi connectivity index (χ3n) is 6.11. The summed E-state index contributed by atoms with van der Waals surface area (Å²) in [7, 11) is -1.72. The molecule has 0 fully saturated rings. The Labute approximate surface area is 204 Å². The molecule has 1 aliphatic heterocycles. The normalized spacial score (nSPS) is 20.8. The van der Waals surface area contributed by atoms with Crippen molar-refractivity contribution in [3.63, 3.8) is 0 Å². The first-order valence-electron chi connectivity index (χ1n) is 10.8. The fourth-order valence-electron chi connectivity index (χ4n) is 4.67. The first-order valence-corrected chi connectivity index (χ1v) is 12.1. The minimum absolute atomic E-state index is 0.222. The molecule has 3 atom stereocenters. The van der Waals surface area contributed by atoms with E-state index in [1.165, 1.54) is 0 Å². The maximum Gasteiger partial charge on any atom is 0.405 e. The Morgan fingerprint density at radius 2 is 1.31 bits per heavy atom. The molecule has 4 N–H and O–H groups in total. The number of benzene rings is 3. The van der Waals surface area contributed by atoms with Crippen LogP contribution in [0.4, 0.5) is 9.59 Å². The highest BCUT2D eigenvalue weighted by molar-refractivity contribution is 7.85. The Balaban J connectivity index is 2.08. The van der Waals surface area contributed by atoms with Crippen LogP contribution in [-0.4, -0.2) is 27.9 Å². The SMILES string of the molecule is Cc1cccc2c1C(=O)C(C(OC(N)=O)c1ccccc1)(C(OC(N)=O)c1ccccc1)CS2=O. The fraction of sp³-hybridized carbons (Fsp3) is 0.192. The Hall–Kier alpha value is -3.98. The Bertz CT molecular complexity index is 1240. The van der Waals surface area contributed by atoms with Crippen molar-refractivity contribution >= 4 is 28.8 Å². The van der Waals surface area contributed by atoms with Gasteiger partial charge in [-0.1, -0.05) is 72.8 Å². The molecule has 0 aromatic heterocycles. The highest BCUT2D eigenvalue weighted by Crippen LogP contribution is 2.54. The molecule has 3 aromatic carbocycles. The van der Waals surface area contributed by atoms with Gasteiger partial charge in [-0.15, -0.1) is 0 Å². The summed E-state index contributed by atoms with van der Waals surface area (Å²) in [6.07, 6.45) is -4.96. The summed E-state index contributed by atoms with van der Waals surface area (Å²) in [6.45, 7) is 1.73. The van der Waals surface area contributed by atoms with E-state index in [1.54, 1.807) is 85.8 Å². The number of hydrogen-bond acceptors (Lipinski definition) is 6. The van der Waals surface area contributed by atoms with Crippen molar-refractivity contribution in [3.05, 3.63) is 101 Å². The summed E-state index contributed by atoms with van der Waals surface area (Å²) in [5.74, 6) is -0.794. The number of nitrogens with two attached hydrogens (primary N) is 2. The molecule has 0 radical (unpaired) electrons. The van der Waals surface area contributed by atoms with Gasteiger partial charge in [0.25, 0.3) is 0 Å². The number of aryl methyl sites for hydroxylation is 1. The van der Waals surface area contributed by atoms with Crippen LogP contribution in [0.15, 0.2) is 83.8 Å². The number of ketones is 1. The molecule has 0 spiro atoms. The molecule has 3 aromatic rings. The van der Waals surface area contributed by atoms with Gasteiger partial charge in [0.1, 0.15) is 17.6 Å². The number of hydrogen-bond donors (Lipinski definition) is 2. The van der Waals surface area contributed by atoms with Crippen molar-refractivity contribution in [2.45, 2.75) is 24.0 Å². The molecule has 2 amide bonds. The largest absolute Gasteiger partial charge is 0.440 e. The van der Waals surface area contributed by atoms with Crippen LogP contribution in [0.25, 0.3) is 0 Å². The predicted molar refractivity (Wildman–Crippen MR) is 129 cm³/mol. The van der Waals surface area contributed by atoms with Gasteiger partial charge in [0, 0.05) is 16.2 Å². The van der Waals surface area contributed by atoms with Crippen molar-refractivity contribution in [1.29, 1.82) is 0 Å². The molecular weight excluding hydrogens is 468 g/mol. The molecule has 180 valence electrons. The van der Waals surface area contributed by atoms with Crippen LogP contribution in [0.1, 0.15) is 39.3 Å². The summed E-state index contributed by atoms with van der Waals surface area (Å²) in [4.78, 5) is 39.1. The van der Waals surface area contributed by atoms with Gasteiger partial charge in [-0.25, -0.2) is 9.59 Å². The smallest absolute Gasteiger partial charge is 0.405 e.